The van der Waals surface area contributed by atoms with Gasteiger partial charge in [0.25, 0.3) is 0 Å². The van der Waals surface area contributed by atoms with Gasteiger partial charge in [0.15, 0.2) is 6.10 Å². The van der Waals surface area contributed by atoms with Gasteiger partial charge in [-0.05, 0) is 37.1 Å². The number of hydrogen-bond donors (Lipinski definition) is 2. The Morgan fingerprint density at radius 1 is 1.39 bits per heavy atom. The highest BCUT2D eigenvalue weighted by molar-refractivity contribution is 5.72. The van der Waals surface area contributed by atoms with Gasteiger partial charge in [-0.15, -0.1) is 0 Å². The zero-order chi connectivity index (χ0) is 13.4. The molecular formula is C14H21NO3. The van der Waals surface area contributed by atoms with E-state index in [0.717, 1.165) is 19.3 Å². The Morgan fingerprint density at radius 2 is 2.06 bits per heavy atom. The van der Waals surface area contributed by atoms with Crippen molar-refractivity contribution < 1.29 is 14.6 Å². The van der Waals surface area contributed by atoms with E-state index < -0.39 is 12.1 Å². The number of unbranched alkanes of at least 4 members (excludes halogenated alkanes) is 1. The van der Waals surface area contributed by atoms with Crippen LogP contribution < -0.4 is 10.5 Å². The fraction of sp³-hybridized carbons (Fsp3) is 0.500. The Hall–Kier alpha value is -1.55. The van der Waals surface area contributed by atoms with Crippen LogP contribution in [0, 0.1) is 0 Å². The summed E-state index contributed by atoms with van der Waals surface area (Å²) in [5.41, 5.74) is 6.60. The fourth-order valence-corrected chi connectivity index (χ4v) is 1.66. The van der Waals surface area contributed by atoms with E-state index in [1.165, 1.54) is 5.56 Å². The van der Waals surface area contributed by atoms with Crippen molar-refractivity contribution >= 4 is 5.97 Å². The molecule has 0 heterocycles. The maximum Gasteiger partial charge on any atom is 0.344 e. The molecule has 1 unspecified atom stereocenters. The number of carbonyl (C=O) groups is 1. The van der Waals surface area contributed by atoms with E-state index >= 15 is 0 Å². The lowest BCUT2D eigenvalue weighted by Crippen LogP contribution is -2.29. The normalized spacial score (nSPS) is 12.1. The number of carboxylic acids is 1. The molecule has 0 saturated carbocycles. The summed E-state index contributed by atoms with van der Waals surface area (Å²) in [6.45, 7) is 2.45. The molecule has 0 aliphatic carbocycles. The summed E-state index contributed by atoms with van der Waals surface area (Å²) in [5, 5.41) is 8.96. The second-order valence-electron chi connectivity index (χ2n) is 4.27. The molecule has 0 bridgehead atoms. The van der Waals surface area contributed by atoms with Crippen molar-refractivity contribution in [3.05, 3.63) is 29.8 Å². The summed E-state index contributed by atoms with van der Waals surface area (Å²) in [6, 6.07) is 7.59. The standard InChI is InChI=1S/C14H21NO3/c1-2-3-4-11-5-7-12(8-6-11)18-13(9-10-15)14(16)17/h5-8,13H,2-4,9-10,15H2,1H3,(H,16,17). The third-order valence-electron chi connectivity index (χ3n) is 2.72. The van der Waals surface area contributed by atoms with Gasteiger partial charge >= 0.3 is 5.97 Å². The molecule has 4 heteroatoms. The molecule has 0 saturated heterocycles. The average Bonchev–Trinajstić information content (AvgIpc) is 2.37. The van der Waals surface area contributed by atoms with Crippen LogP contribution in [0.5, 0.6) is 5.75 Å². The molecule has 1 rings (SSSR count). The number of hydrogen-bond acceptors (Lipinski definition) is 3. The SMILES string of the molecule is CCCCc1ccc(OC(CCN)C(=O)O)cc1. The van der Waals surface area contributed by atoms with Gasteiger partial charge in [-0.2, -0.15) is 0 Å². The molecule has 1 aromatic rings. The number of nitrogens with two attached hydrogens (primary N) is 1. The molecule has 100 valence electrons. The summed E-state index contributed by atoms with van der Waals surface area (Å²) >= 11 is 0. The van der Waals surface area contributed by atoms with Crippen LogP contribution in [-0.4, -0.2) is 23.7 Å². The second kappa shape index (κ2) is 7.71. The minimum atomic E-state index is -0.976. The minimum Gasteiger partial charge on any atom is -0.479 e. The number of aliphatic carboxylic acids is 1. The van der Waals surface area contributed by atoms with Gasteiger partial charge in [0.1, 0.15) is 5.75 Å². The highest BCUT2D eigenvalue weighted by atomic mass is 16.5. The summed E-state index contributed by atoms with van der Waals surface area (Å²) in [6.07, 6.45) is 2.81. The second-order valence-corrected chi connectivity index (χ2v) is 4.27. The Balaban J connectivity index is 2.58. The number of ether oxygens (including phenoxy) is 1. The van der Waals surface area contributed by atoms with Crippen molar-refractivity contribution in [1.29, 1.82) is 0 Å². The minimum absolute atomic E-state index is 0.297. The zero-order valence-corrected chi connectivity index (χ0v) is 10.8. The molecule has 0 aliphatic rings. The van der Waals surface area contributed by atoms with Gasteiger partial charge in [-0.1, -0.05) is 25.5 Å². The first-order valence-electron chi connectivity index (χ1n) is 6.35. The van der Waals surface area contributed by atoms with Gasteiger partial charge < -0.3 is 15.6 Å². The summed E-state index contributed by atoms with van der Waals surface area (Å²) in [7, 11) is 0. The fourth-order valence-electron chi connectivity index (χ4n) is 1.66. The summed E-state index contributed by atoms with van der Waals surface area (Å²) in [4.78, 5) is 10.9. The van der Waals surface area contributed by atoms with Crippen molar-refractivity contribution in [2.75, 3.05) is 6.54 Å². The largest absolute Gasteiger partial charge is 0.479 e. The predicted molar refractivity (Wildman–Crippen MR) is 70.8 cm³/mol. The first kappa shape index (κ1) is 14.5. The van der Waals surface area contributed by atoms with Gasteiger partial charge in [-0.3, -0.25) is 0 Å². The Labute approximate surface area is 108 Å². The van der Waals surface area contributed by atoms with Crippen LogP contribution in [0.15, 0.2) is 24.3 Å². The van der Waals surface area contributed by atoms with E-state index in [1.54, 1.807) is 0 Å². The number of carboxylic acid groups (broad SMARTS) is 1. The number of benzene rings is 1. The van der Waals surface area contributed by atoms with Gasteiger partial charge in [0.2, 0.25) is 0 Å². The Bertz CT molecular complexity index is 362. The number of aryl methyl sites for hydroxylation is 1. The quantitative estimate of drug-likeness (QED) is 0.743. The smallest absolute Gasteiger partial charge is 0.344 e. The lowest BCUT2D eigenvalue weighted by Gasteiger charge is -2.14. The van der Waals surface area contributed by atoms with Crippen LogP contribution in [0.2, 0.25) is 0 Å². The predicted octanol–water partition coefficient (Wildman–Crippen LogP) is 2.21. The van der Waals surface area contributed by atoms with Crippen LogP contribution in [0.1, 0.15) is 31.7 Å². The van der Waals surface area contributed by atoms with Crippen molar-refractivity contribution in [3.8, 4) is 5.75 Å². The molecular weight excluding hydrogens is 230 g/mol. The van der Waals surface area contributed by atoms with Crippen LogP contribution in [-0.2, 0) is 11.2 Å². The van der Waals surface area contributed by atoms with Gasteiger partial charge in [0.05, 0.1) is 0 Å². The molecule has 18 heavy (non-hydrogen) atoms. The van der Waals surface area contributed by atoms with Crippen molar-refractivity contribution in [2.45, 2.75) is 38.7 Å². The van der Waals surface area contributed by atoms with Gasteiger partial charge in [0, 0.05) is 6.42 Å². The van der Waals surface area contributed by atoms with Crippen molar-refractivity contribution in [2.24, 2.45) is 5.73 Å². The maximum atomic E-state index is 10.9. The molecule has 1 aromatic carbocycles. The maximum absolute atomic E-state index is 10.9. The van der Waals surface area contributed by atoms with Crippen LogP contribution in [0.4, 0.5) is 0 Å². The molecule has 0 spiro atoms. The van der Waals surface area contributed by atoms with Gasteiger partial charge in [-0.25, -0.2) is 4.79 Å². The van der Waals surface area contributed by atoms with Crippen LogP contribution in [0.3, 0.4) is 0 Å². The molecule has 1 atom stereocenters. The molecule has 0 fully saturated rings. The van der Waals surface area contributed by atoms with E-state index in [9.17, 15) is 4.79 Å². The van der Waals surface area contributed by atoms with Crippen molar-refractivity contribution in [1.82, 2.24) is 0 Å². The molecule has 3 N–H and O–H groups in total. The lowest BCUT2D eigenvalue weighted by atomic mass is 10.1. The molecule has 0 amide bonds. The highest BCUT2D eigenvalue weighted by Crippen LogP contribution is 2.16. The van der Waals surface area contributed by atoms with E-state index in [-0.39, 0.29) is 0 Å². The van der Waals surface area contributed by atoms with E-state index in [2.05, 4.69) is 6.92 Å². The molecule has 0 aromatic heterocycles. The first-order valence-corrected chi connectivity index (χ1v) is 6.35. The zero-order valence-electron chi connectivity index (χ0n) is 10.8. The lowest BCUT2D eigenvalue weighted by molar-refractivity contribution is -0.145. The van der Waals surface area contributed by atoms with Crippen LogP contribution >= 0.6 is 0 Å². The average molecular weight is 251 g/mol. The summed E-state index contributed by atoms with van der Waals surface area (Å²) < 4.78 is 5.40. The number of rotatable bonds is 8. The summed E-state index contributed by atoms with van der Waals surface area (Å²) in [5.74, 6) is -0.397. The molecule has 4 nitrogen and oxygen atoms in total. The monoisotopic (exact) mass is 251 g/mol. The van der Waals surface area contributed by atoms with E-state index in [4.69, 9.17) is 15.6 Å². The van der Waals surface area contributed by atoms with E-state index in [0.29, 0.717) is 18.7 Å². The Kier molecular flexibility index (Phi) is 6.22. The third kappa shape index (κ3) is 4.75. The topological polar surface area (TPSA) is 72.5 Å². The molecule has 0 aliphatic heterocycles. The first-order chi connectivity index (χ1) is 8.67. The van der Waals surface area contributed by atoms with Crippen LogP contribution in [0.25, 0.3) is 0 Å². The highest BCUT2D eigenvalue weighted by Gasteiger charge is 2.18. The third-order valence-corrected chi connectivity index (χ3v) is 2.72. The Morgan fingerprint density at radius 3 is 2.56 bits per heavy atom. The van der Waals surface area contributed by atoms with Crippen molar-refractivity contribution in [3.63, 3.8) is 0 Å². The molecule has 0 radical (unpaired) electrons. The van der Waals surface area contributed by atoms with E-state index in [1.807, 2.05) is 24.3 Å².